The van der Waals surface area contributed by atoms with Crippen molar-refractivity contribution in [2.24, 2.45) is 0 Å². The number of nitrogens with zero attached hydrogens (tertiary/aromatic N) is 3. The Labute approximate surface area is 153 Å². The van der Waals surface area contributed by atoms with E-state index in [4.69, 9.17) is 4.74 Å². The summed E-state index contributed by atoms with van der Waals surface area (Å²) in [5.41, 5.74) is 0.558. The molecule has 0 unspecified atom stereocenters. The van der Waals surface area contributed by atoms with Gasteiger partial charge in [0.05, 0.1) is 11.5 Å². The molecule has 1 aromatic heterocycles. The van der Waals surface area contributed by atoms with Gasteiger partial charge in [0, 0.05) is 44.1 Å². The summed E-state index contributed by atoms with van der Waals surface area (Å²) in [5.74, 6) is 0.532. The van der Waals surface area contributed by atoms with E-state index < -0.39 is 10.0 Å². The van der Waals surface area contributed by atoms with Gasteiger partial charge in [-0.3, -0.25) is 9.78 Å². The molecule has 8 heteroatoms. The molecule has 138 valence electrons. The number of ether oxygens (including phenoxy) is 1. The fraction of sp³-hybridized carbons (Fsp3) is 0.333. The van der Waals surface area contributed by atoms with Crippen LogP contribution < -0.4 is 4.74 Å². The average Bonchev–Trinajstić information content (AvgIpc) is 2.69. The Morgan fingerprint density at radius 2 is 1.65 bits per heavy atom. The number of hydrogen-bond donors (Lipinski definition) is 0. The quantitative estimate of drug-likeness (QED) is 0.794. The first-order chi connectivity index (χ1) is 12.5. The Morgan fingerprint density at radius 3 is 2.23 bits per heavy atom. The molecule has 1 amide bonds. The van der Waals surface area contributed by atoms with E-state index in [9.17, 15) is 13.2 Å². The van der Waals surface area contributed by atoms with E-state index in [2.05, 4.69) is 4.98 Å². The Hall–Kier alpha value is -2.45. The van der Waals surface area contributed by atoms with Crippen LogP contribution >= 0.6 is 0 Å². The number of hydrogen-bond acceptors (Lipinski definition) is 5. The number of aromatic nitrogens is 1. The van der Waals surface area contributed by atoms with Crippen molar-refractivity contribution in [3.8, 4) is 5.75 Å². The van der Waals surface area contributed by atoms with E-state index in [1.54, 1.807) is 53.7 Å². The second kappa shape index (κ2) is 7.84. The molecule has 1 saturated heterocycles. The highest BCUT2D eigenvalue weighted by atomic mass is 32.2. The molecule has 7 nitrogen and oxygen atoms in total. The summed E-state index contributed by atoms with van der Waals surface area (Å²) in [5, 5.41) is 0. The van der Waals surface area contributed by atoms with E-state index in [1.807, 2.05) is 6.92 Å². The van der Waals surface area contributed by atoms with E-state index in [-0.39, 0.29) is 23.9 Å². The van der Waals surface area contributed by atoms with Crippen LogP contribution in [-0.4, -0.2) is 61.3 Å². The van der Waals surface area contributed by atoms with Gasteiger partial charge in [-0.05, 0) is 43.3 Å². The van der Waals surface area contributed by atoms with Crippen LogP contribution in [0, 0.1) is 0 Å². The second-order valence-corrected chi connectivity index (χ2v) is 7.77. The lowest BCUT2D eigenvalue weighted by atomic mass is 10.2. The summed E-state index contributed by atoms with van der Waals surface area (Å²) in [4.78, 5) is 18.2. The number of pyridine rings is 1. The third kappa shape index (κ3) is 3.86. The lowest BCUT2D eigenvalue weighted by molar-refractivity contribution is 0.0698. The second-order valence-electron chi connectivity index (χ2n) is 5.84. The fourth-order valence-electron chi connectivity index (χ4n) is 2.83. The smallest absolute Gasteiger partial charge is 0.254 e. The van der Waals surface area contributed by atoms with Crippen molar-refractivity contribution in [2.75, 3.05) is 32.8 Å². The van der Waals surface area contributed by atoms with Gasteiger partial charge in [-0.25, -0.2) is 8.42 Å². The molecule has 1 aliphatic rings. The molecule has 26 heavy (non-hydrogen) atoms. The number of sulfonamides is 1. The van der Waals surface area contributed by atoms with Gasteiger partial charge < -0.3 is 9.64 Å². The summed E-state index contributed by atoms with van der Waals surface area (Å²) in [6, 6.07) is 9.72. The minimum Gasteiger partial charge on any atom is -0.494 e. The zero-order valence-corrected chi connectivity index (χ0v) is 15.4. The third-order valence-corrected chi connectivity index (χ3v) is 6.14. The molecular weight excluding hydrogens is 354 g/mol. The predicted octanol–water partition coefficient (Wildman–Crippen LogP) is 1.63. The number of piperazine rings is 1. The monoisotopic (exact) mass is 375 g/mol. The summed E-state index contributed by atoms with van der Waals surface area (Å²) < 4.78 is 32.3. The van der Waals surface area contributed by atoms with Crippen molar-refractivity contribution in [3.63, 3.8) is 0 Å². The number of amides is 1. The van der Waals surface area contributed by atoms with Crippen LogP contribution in [0.3, 0.4) is 0 Å². The SMILES string of the molecule is CCOc1ccc(S(=O)(=O)N2CCN(C(=O)c3ccncc3)CC2)cc1. The van der Waals surface area contributed by atoms with Crippen molar-refractivity contribution < 1.29 is 17.9 Å². The maximum absolute atomic E-state index is 12.8. The Morgan fingerprint density at radius 1 is 1.04 bits per heavy atom. The molecule has 0 radical (unpaired) electrons. The highest BCUT2D eigenvalue weighted by molar-refractivity contribution is 7.89. The standard InChI is InChI=1S/C18H21N3O4S/c1-2-25-16-3-5-17(6-4-16)26(23,24)21-13-11-20(12-14-21)18(22)15-7-9-19-10-8-15/h3-10H,2,11-14H2,1H3. The Bertz CT molecular complexity index is 846. The number of carbonyl (C=O) groups is 1. The van der Waals surface area contributed by atoms with Gasteiger partial charge in [-0.2, -0.15) is 4.31 Å². The normalized spacial score (nSPS) is 15.7. The van der Waals surface area contributed by atoms with Gasteiger partial charge >= 0.3 is 0 Å². The summed E-state index contributed by atoms with van der Waals surface area (Å²) >= 11 is 0. The fourth-order valence-corrected chi connectivity index (χ4v) is 4.25. The molecule has 0 aliphatic carbocycles. The maximum Gasteiger partial charge on any atom is 0.254 e. The van der Waals surface area contributed by atoms with Crippen molar-refractivity contribution in [1.29, 1.82) is 0 Å². The minimum atomic E-state index is -3.58. The van der Waals surface area contributed by atoms with Crippen LogP contribution in [0.4, 0.5) is 0 Å². The average molecular weight is 375 g/mol. The lowest BCUT2D eigenvalue weighted by Gasteiger charge is -2.34. The topological polar surface area (TPSA) is 79.8 Å². The van der Waals surface area contributed by atoms with E-state index >= 15 is 0 Å². The number of carbonyl (C=O) groups excluding carboxylic acids is 1. The van der Waals surface area contributed by atoms with Gasteiger partial charge in [-0.1, -0.05) is 0 Å². The minimum absolute atomic E-state index is 0.106. The molecule has 2 aromatic rings. The zero-order chi connectivity index (χ0) is 18.6. The van der Waals surface area contributed by atoms with Gasteiger partial charge in [0.1, 0.15) is 5.75 Å². The number of benzene rings is 1. The Kier molecular flexibility index (Phi) is 5.53. The molecule has 2 heterocycles. The molecular formula is C18H21N3O4S. The predicted molar refractivity (Wildman–Crippen MR) is 96.5 cm³/mol. The summed E-state index contributed by atoms with van der Waals surface area (Å²) in [6.07, 6.45) is 3.14. The van der Waals surface area contributed by atoms with Gasteiger partial charge in [-0.15, -0.1) is 0 Å². The zero-order valence-electron chi connectivity index (χ0n) is 14.5. The van der Waals surface area contributed by atoms with E-state index in [1.165, 1.54) is 4.31 Å². The largest absolute Gasteiger partial charge is 0.494 e. The van der Waals surface area contributed by atoms with E-state index in [0.717, 1.165) is 0 Å². The van der Waals surface area contributed by atoms with E-state index in [0.29, 0.717) is 31.0 Å². The van der Waals surface area contributed by atoms with Gasteiger partial charge in [0.15, 0.2) is 0 Å². The first-order valence-electron chi connectivity index (χ1n) is 8.44. The van der Waals surface area contributed by atoms with Crippen LogP contribution in [0.1, 0.15) is 17.3 Å². The van der Waals surface area contributed by atoms with Crippen LogP contribution in [0.2, 0.25) is 0 Å². The summed E-state index contributed by atoms with van der Waals surface area (Å²) in [7, 11) is -3.58. The first kappa shape index (κ1) is 18.3. The maximum atomic E-state index is 12.8. The van der Waals surface area contributed by atoms with Crippen molar-refractivity contribution >= 4 is 15.9 Å². The molecule has 1 aliphatic heterocycles. The molecule has 1 aromatic carbocycles. The van der Waals surface area contributed by atoms with Crippen molar-refractivity contribution in [3.05, 3.63) is 54.4 Å². The highest BCUT2D eigenvalue weighted by Crippen LogP contribution is 2.21. The Balaban J connectivity index is 1.66. The van der Waals surface area contributed by atoms with Crippen molar-refractivity contribution in [1.82, 2.24) is 14.2 Å². The van der Waals surface area contributed by atoms with Crippen LogP contribution in [0.5, 0.6) is 5.75 Å². The lowest BCUT2D eigenvalue weighted by Crippen LogP contribution is -2.50. The molecule has 3 rings (SSSR count). The van der Waals surface area contributed by atoms with Gasteiger partial charge in [0.2, 0.25) is 10.0 Å². The third-order valence-electron chi connectivity index (χ3n) is 4.23. The molecule has 0 N–H and O–H groups in total. The summed E-state index contributed by atoms with van der Waals surface area (Å²) in [6.45, 7) is 3.66. The van der Waals surface area contributed by atoms with Gasteiger partial charge in [0.25, 0.3) is 5.91 Å². The highest BCUT2D eigenvalue weighted by Gasteiger charge is 2.30. The van der Waals surface area contributed by atoms with Crippen LogP contribution in [0.25, 0.3) is 0 Å². The number of rotatable bonds is 5. The molecule has 0 atom stereocenters. The van der Waals surface area contributed by atoms with Crippen molar-refractivity contribution in [2.45, 2.75) is 11.8 Å². The van der Waals surface area contributed by atoms with Crippen LogP contribution in [-0.2, 0) is 10.0 Å². The molecule has 0 spiro atoms. The van der Waals surface area contributed by atoms with Crippen LogP contribution in [0.15, 0.2) is 53.7 Å². The molecule has 0 bridgehead atoms. The molecule has 1 fully saturated rings. The first-order valence-corrected chi connectivity index (χ1v) is 9.88. The molecule has 0 saturated carbocycles.